The molecule has 4 amide bonds. The summed E-state index contributed by atoms with van der Waals surface area (Å²) in [5.74, 6) is -3.26. The maximum atomic E-state index is 14.6. The maximum absolute atomic E-state index is 14.6. The van der Waals surface area contributed by atoms with E-state index >= 15 is 0 Å². The fourth-order valence-electron chi connectivity index (χ4n) is 5.87. The first kappa shape index (κ1) is 36.7. The van der Waals surface area contributed by atoms with Crippen LogP contribution in [0.15, 0.2) is 36.4 Å². The van der Waals surface area contributed by atoms with E-state index in [0.717, 1.165) is 17.7 Å². The number of nitrogens with one attached hydrogen (secondary N) is 3. The van der Waals surface area contributed by atoms with Crippen molar-refractivity contribution in [2.75, 3.05) is 44.0 Å². The highest BCUT2D eigenvalue weighted by atomic mass is 19.1. The zero-order valence-corrected chi connectivity index (χ0v) is 28.1. The van der Waals surface area contributed by atoms with Crippen molar-refractivity contribution in [1.29, 1.82) is 0 Å². The Hall–Kier alpha value is -4.14. The van der Waals surface area contributed by atoms with Gasteiger partial charge in [-0.05, 0) is 81.8 Å². The highest BCUT2D eigenvalue weighted by Gasteiger charge is 2.40. The highest BCUT2D eigenvalue weighted by Crippen LogP contribution is 2.38. The number of hydrogen-bond acceptors (Lipinski definition) is 8. The molecule has 4 rings (SSSR count). The molecule has 3 atom stereocenters. The van der Waals surface area contributed by atoms with Crippen LogP contribution in [0.3, 0.4) is 0 Å². The van der Waals surface area contributed by atoms with Crippen LogP contribution in [0.5, 0.6) is 0 Å². The summed E-state index contributed by atoms with van der Waals surface area (Å²) in [5.41, 5.74) is 5.97. The molecule has 0 aliphatic carbocycles. The summed E-state index contributed by atoms with van der Waals surface area (Å²) in [6.45, 7) is 8.45. The number of carbonyl (C=O) groups excluding carboxylic acids is 4. The number of para-hydroxylation sites is 1. The van der Waals surface area contributed by atoms with Gasteiger partial charge in [-0.1, -0.05) is 12.1 Å². The molecule has 2 aliphatic rings. The van der Waals surface area contributed by atoms with Crippen LogP contribution >= 0.6 is 0 Å². The molecular formula is C34H46F2N6O6. The number of fused-ring (bicyclic) bond motifs is 1. The summed E-state index contributed by atoms with van der Waals surface area (Å²) in [6, 6.07) is 6.11. The van der Waals surface area contributed by atoms with Crippen molar-refractivity contribution in [3.8, 4) is 0 Å². The molecule has 0 bridgehead atoms. The first-order valence-electron chi connectivity index (χ1n) is 16.1. The molecule has 48 heavy (non-hydrogen) atoms. The van der Waals surface area contributed by atoms with Crippen LogP contribution in [0.25, 0.3) is 0 Å². The molecule has 2 aromatic carbocycles. The van der Waals surface area contributed by atoms with Crippen molar-refractivity contribution >= 4 is 35.2 Å². The third-order valence-electron chi connectivity index (χ3n) is 8.53. The van der Waals surface area contributed by atoms with Gasteiger partial charge < -0.3 is 31.2 Å². The number of nitrogens with two attached hydrogens (primary N) is 1. The van der Waals surface area contributed by atoms with E-state index in [1.807, 2.05) is 4.90 Å². The van der Waals surface area contributed by atoms with Crippen LogP contribution in [-0.4, -0.2) is 84.7 Å². The van der Waals surface area contributed by atoms with Gasteiger partial charge in [0.2, 0.25) is 17.7 Å². The van der Waals surface area contributed by atoms with Gasteiger partial charge in [-0.3, -0.25) is 24.2 Å². The van der Waals surface area contributed by atoms with Crippen molar-refractivity contribution in [2.24, 2.45) is 11.7 Å². The summed E-state index contributed by atoms with van der Waals surface area (Å²) in [7, 11) is 1.49. The Labute approximate surface area is 279 Å². The maximum Gasteiger partial charge on any atom is 0.410 e. The molecule has 1 saturated heterocycles. The van der Waals surface area contributed by atoms with Crippen LogP contribution in [0, 0.1) is 17.6 Å². The van der Waals surface area contributed by atoms with E-state index in [1.165, 1.54) is 18.0 Å². The van der Waals surface area contributed by atoms with E-state index < -0.39 is 59.0 Å². The molecule has 0 aromatic heterocycles. The average molecular weight is 673 g/mol. The number of halogens is 2. The van der Waals surface area contributed by atoms with E-state index in [1.54, 1.807) is 45.9 Å². The molecule has 0 saturated carbocycles. The Kier molecular flexibility index (Phi) is 12.1. The number of carbonyl (C=O) groups is 4. The number of ether oxygens (including phenoxy) is 2. The quantitative estimate of drug-likeness (QED) is 0.280. The van der Waals surface area contributed by atoms with Crippen molar-refractivity contribution in [3.63, 3.8) is 0 Å². The van der Waals surface area contributed by atoms with Crippen molar-refractivity contribution in [2.45, 2.75) is 77.2 Å². The first-order chi connectivity index (χ1) is 22.7. The largest absolute Gasteiger partial charge is 0.444 e. The lowest BCUT2D eigenvalue weighted by atomic mass is 9.90. The van der Waals surface area contributed by atoms with Crippen molar-refractivity contribution in [3.05, 3.63) is 59.2 Å². The summed E-state index contributed by atoms with van der Waals surface area (Å²) < 4.78 is 40.3. The van der Waals surface area contributed by atoms with E-state index in [0.29, 0.717) is 37.3 Å². The zero-order valence-electron chi connectivity index (χ0n) is 28.1. The number of anilines is 2. The predicted molar refractivity (Wildman–Crippen MR) is 176 cm³/mol. The Bertz CT molecular complexity index is 1470. The molecule has 0 spiro atoms. The van der Waals surface area contributed by atoms with Gasteiger partial charge >= 0.3 is 6.09 Å². The Balaban J connectivity index is 1.63. The van der Waals surface area contributed by atoms with Gasteiger partial charge in [-0.15, -0.1) is 0 Å². The average Bonchev–Trinajstić information content (AvgIpc) is 3.38. The second kappa shape index (κ2) is 15.8. The Morgan fingerprint density at radius 1 is 1.08 bits per heavy atom. The smallest absolute Gasteiger partial charge is 0.410 e. The number of likely N-dealkylation sites (N-methyl/N-ethyl adjacent to an activating group) is 1. The highest BCUT2D eigenvalue weighted by molar-refractivity contribution is 5.97. The van der Waals surface area contributed by atoms with Crippen LogP contribution in [0.2, 0.25) is 0 Å². The molecule has 2 aliphatic heterocycles. The number of benzene rings is 2. The molecule has 12 nitrogen and oxygen atoms in total. The summed E-state index contributed by atoms with van der Waals surface area (Å²) >= 11 is 0. The van der Waals surface area contributed by atoms with Gasteiger partial charge in [0.25, 0.3) is 0 Å². The lowest BCUT2D eigenvalue weighted by Crippen LogP contribution is -2.55. The lowest BCUT2D eigenvalue weighted by molar-refractivity contribution is -0.127. The van der Waals surface area contributed by atoms with E-state index in [-0.39, 0.29) is 37.9 Å². The number of amides is 4. The second-order valence-corrected chi connectivity index (χ2v) is 13.3. The van der Waals surface area contributed by atoms with E-state index in [9.17, 15) is 28.0 Å². The number of hydrogen-bond donors (Lipinski definition) is 4. The molecule has 0 unspecified atom stereocenters. The standard InChI is InChI=1S/C34H46F2N6O6/c1-20(41(5)33(46)48-34(2,3)4)31(44)39-27(21-12-15-47-16-13-21)19-42-18-22-9-10-23(38-28(43)11-14-37)17-24(22)30(42)32(45)40-29-25(35)7-6-8-26(29)36/h6-10,17,20-21,27,30H,11-16,18-19,37H2,1-5H3,(H,38,43)(H,39,44)(H,40,45)/t20-,27+,30-/m0/s1. The molecule has 0 radical (unpaired) electrons. The molecule has 5 N–H and O–H groups in total. The predicted octanol–water partition coefficient (Wildman–Crippen LogP) is 3.91. The van der Waals surface area contributed by atoms with Crippen LogP contribution in [0.1, 0.15) is 64.1 Å². The molecule has 2 aromatic rings. The fraction of sp³-hybridized carbons (Fsp3) is 0.529. The summed E-state index contributed by atoms with van der Waals surface area (Å²) in [5, 5.41) is 8.32. The Morgan fingerprint density at radius 2 is 1.75 bits per heavy atom. The minimum Gasteiger partial charge on any atom is -0.444 e. The SMILES string of the molecule is C[C@@H](C(=O)N[C@H](CN1Cc2ccc(NC(=O)CCN)cc2[C@H]1C(=O)Nc1c(F)cccc1F)C1CCOCC1)N(C)C(=O)OC(C)(C)C. The van der Waals surface area contributed by atoms with Crippen LogP contribution in [-0.2, 0) is 30.4 Å². The second-order valence-electron chi connectivity index (χ2n) is 13.3. The number of nitrogens with zero attached hydrogens (tertiary/aromatic N) is 2. The molecule has 1 fully saturated rings. The van der Waals surface area contributed by atoms with Crippen molar-refractivity contribution < 1.29 is 37.4 Å². The van der Waals surface area contributed by atoms with E-state index in [4.69, 9.17) is 15.2 Å². The third-order valence-corrected chi connectivity index (χ3v) is 8.53. The minimum atomic E-state index is -1.02. The van der Waals surface area contributed by atoms with Crippen LogP contribution < -0.4 is 21.7 Å². The van der Waals surface area contributed by atoms with Gasteiger partial charge in [0.05, 0.1) is 0 Å². The van der Waals surface area contributed by atoms with Gasteiger partial charge in [0, 0.05) is 58.0 Å². The molecule has 14 heteroatoms. The topological polar surface area (TPSA) is 155 Å². The van der Waals surface area contributed by atoms with Crippen LogP contribution in [0.4, 0.5) is 25.0 Å². The fourth-order valence-corrected chi connectivity index (χ4v) is 5.87. The lowest BCUT2D eigenvalue weighted by Gasteiger charge is -2.36. The zero-order chi connectivity index (χ0) is 35.2. The minimum absolute atomic E-state index is 0.0238. The first-order valence-corrected chi connectivity index (χ1v) is 16.1. The third kappa shape index (κ3) is 9.26. The molecule has 262 valence electrons. The van der Waals surface area contributed by atoms with Gasteiger partial charge in [-0.2, -0.15) is 0 Å². The normalized spacial score (nSPS) is 18.0. The molecular weight excluding hydrogens is 626 g/mol. The van der Waals surface area contributed by atoms with Gasteiger partial charge in [-0.25, -0.2) is 13.6 Å². The number of rotatable bonds is 11. The van der Waals surface area contributed by atoms with Crippen molar-refractivity contribution in [1.82, 2.24) is 15.1 Å². The summed E-state index contributed by atoms with van der Waals surface area (Å²) in [6.07, 6.45) is 0.760. The molecule has 2 heterocycles. The van der Waals surface area contributed by atoms with Gasteiger partial charge in [0.15, 0.2) is 0 Å². The summed E-state index contributed by atoms with van der Waals surface area (Å²) in [4.78, 5) is 55.6. The Morgan fingerprint density at radius 3 is 2.38 bits per heavy atom. The monoisotopic (exact) mass is 672 g/mol. The van der Waals surface area contributed by atoms with Gasteiger partial charge in [0.1, 0.15) is 35.0 Å². The van der Waals surface area contributed by atoms with E-state index in [2.05, 4.69) is 16.0 Å².